The molecule has 0 spiro atoms. The maximum atomic E-state index is 15.2. The molecule has 0 saturated heterocycles. The average molecular weight is 532 g/mol. The van der Waals surface area contributed by atoms with Crippen LogP contribution in [-0.4, -0.2) is 44.4 Å². The van der Waals surface area contributed by atoms with Crippen molar-refractivity contribution in [2.24, 2.45) is 0 Å². The molecule has 11 heteroatoms. The maximum Gasteiger partial charge on any atom is 0.408 e. The molecule has 0 unspecified atom stereocenters. The number of rotatable bonds is 5. The lowest BCUT2D eigenvalue weighted by Crippen LogP contribution is -2.50. The molecule has 2 heterocycles. The molecule has 0 aliphatic carbocycles. The SMILES string of the molecule is CCc1cn(-c2cc3c(cc2F)SC[C@H](NC(=O)OC(C)(C)C)C(=O)N3Cc2ccc(Cl)cc2)nn1. The quantitative estimate of drug-likeness (QED) is 0.489. The summed E-state index contributed by atoms with van der Waals surface area (Å²) in [6, 6.07) is 9.22. The van der Waals surface area contributed by atoms with Crippen molar-refractivity contribution in [1.82, 2.24) is 20.3 Å². The van der Waals surface area contributed by atoms with E-state index in [9.17, 15) is 9.59 Å². The Morgan fingerprint density at radius 2 is 1.97 bits per heavy atom. The van der Waals surface area contributed by atoms with Crippen molar-refractivity contribution in [1.29, 1.82) is 0 Å². The average Bonchev–Trinajstić information content (AvgIpc) is 3.25. The van der Waals surface area contributed by atoms with Gasteiger partial charge in [0, 0.05) is 15.7 Å². The van der Waals surface area contributed by atoms with Gasteiger partial charge in [0.1, 0.15) is 23.1 Å². The largest absolute Gasteiger partial charge is 0.444 e. The number of fused-ring (bicyclic) bond motifs is 1. The lowest BCUT2D eigenvalue weighted by atomic mass is 10.1. The number of aryl methyl sites for hydroxylation is 1. The number of ether oxygens (including phenoxy) is 1. The Balaban J connectivity index is 1.73. The van der Waals surface area contributed by atoms with Gasteiger partial charge < -0.3 is 15.0 Å². The van der Waals surface area contributed by atoms with Crippen LogP contribution in [0.5, 0.6) is 0 Å². The number of nitrogens with zero attached hydrogens (tertiary/aromatic N) is 4. The van der Waals surface area contributed by atoms with Gasteiger partial charge in [0.15, 0.2) is 0 Å². The number of carbonyl (C=O) groups is 2. The topological polar surface area (TPSA) is 89.4 Å². The minimum Gasteiger partial charge on any atom is -0.444 e. The number of benzene rings is 2. The van der Waals surface area contributed by atoms with Gasteiger partial charge in [0.05, 0.1) is 24.1 Å². The summed E-state index contributed by atoms with van der Waals surface area (Å²) in [6.45, 7) is 7.37. The zero-order valence-corrected chi connectivity index (χ0v) is 22.0. The van der Waals surface area contributed by atoms with Crippen molar-refractivity contribution >= 4 is 41.1 Å². The summed E-state index contributed by atoms with van der Waals surface area (Å²) in [4.78, 5) is 28.3. The zero-order valence-electron chi connectivity index (χ0n) is 20.4. The van der Waals surface area contributed by atoms with E-state index >= 15 is 4.39 Å². The molecule has 1 N–H and O–H groups in total. The first kappa shape index (κ1) is 26.0. The Labute approximate surface area is 218 Å². The summed E-state index contributed by atoms with van der Waals surface area (Å²) in [6.07, 6.45) is 1.62. The second-order valence-electron chi connectivity index (χ2n) is 9.34. The van der Waals surface area contributed by atoms with Crippen molar-refractivity contribution in [3.05, 3.63) is 64.7 Å². The van der Waals surface area contributed by atoms with E-state index in [0.29, 0.717) is 22.0 Å². The van der Waals surface area contributed by atoms with Crippen LogP contribution in [0.4, 0.5) is 14.9 Å². The summed E-state index contributed by atoms with van der Waals surface area (Å²) < 4.78 is 21.9. The van der Waals surface area contributed by atoms with Crippen LogP contribution in [0.1, 0.15) is 39.0 Å². The fourth-order valence-corrected chi connectivity index (χ4v) is 4.85. The van der Waals surface area contributed by atoms with E-state index in [4.69, 9.17) is 16.3 Å². The van der Waals surface area contributed by atoms with E-state index in [-0.39, 0.29) is 23.9 Å². The Hall–Kier alpha value is -3.11. The highest BCUT2D eigenvalue weighted by Crippen LogP contribution is 2.38. The van der Waals surface area contributed by atoms with Crippen molar-refractivity contribution in [2.75, 3.05) is 10.7 Å². The molecule has 190 valence electrons. The van der Waals surface area contributed by atoms with Gasteiger partial charge in [-0.15, -0.1) is 16.9 Å². The molecule has 2 amide bonds. The molecule has 36 heavy (non-hydrogen) atoms. The van der Waals surface area contributed by atoms with Gasteiger partial charge in [-0.1, -0.05) is 35.9 Å². The van der Waals surface area contributed by atoms with Crippen molar-refractivity contribution < 1.29 is 18.7 Å². The Kier molecular flexibility index (Phi) is 7.56. The molecule has 0 radical (unpaired) electrons. The Morgan fingerprint density at radius 3 is 2.61 bits per heavy atom. The lowest BCUT2D eigenvalue weighted by molar-refractivity contribution is -0.120. The third-order valence-electron chi connectivity index (χ3n) is 5.38. The Bertz CT molecular complexity index is 1280. The summed E-state index contributed by atoms with van der Waals surface area (Å²) in [5, 5.41) is 11.4. The third-order valence-corrected chi connectivity index (χ3v) is 6.77. The van der Waals surface area contributed by atoms with E-state index in [1.165, 1.54) is 22.5 Å². The fourth-order valence-electron chi connectivity index (χ4n) is 3.65. The molecular weight excluding hydrogens is 505 g/mol. The monoisotopic (exact) mass is 531 g/mol. The van der Waals surface area contributed by atoms with Crippen LogP contribution >= 0.6 is 23.4 Å². The number of anilines is 1. The van der Waals surface area contributed by atoms with Crippen LogP contribution in [0.3, 0.4) is 0 Å². The summed E-state index contributed by atoms with van der Waals surface area (Å²) in [5.74, 6) is -0.622. The molecule has 0 saturated carbocycles. The molecule has 1 aliphatic heterocycles. The smallest absolute Gasteiger partial charge is 0.408 e. The number of nitrogens with one attached hydrogen (secondary N) is 1. The number of carbonyl (C=O) groups excluding carboxylic acids is 2. The first-order valence-electron chi connectivity index (χ1n) is 11.5. The summed E-state index contributed by atoms with van der Waals surface area (Å²) >= 11 is 7.33. The third kappa shape index (κ3) is 5.99. The minimum absolute atomic E-state index is 0.175. The molecule has 1 atom stereocenters. The van der Waals surface area contributed by atoms with Crippen molar-refractivity contribution in [2.45, 2.75) is 57.2 Å². The molecule has 4 rings (SSSR count). The number of halogens is 2. The first-order chi connectivity index (χ1) is 17.0. The molecule has 1 aliphatic rings. The van der Waals surface area contributed by atoms with Gasteiger partial charge in [0.2, 0.25) is 0 Å². The predicted molar refractivity (Wildman–Crippen MR) is 137 cm³/mol. The molecule has 0 bridgehead atoms. The first-order valence-corrected chi connectivity index (χ1v) is 12.8. The molecule has 1 aromatic heterocycles. The molecule has 0 fully saturated rings. The molecular formula is C25H27ClFN5O3S. The van der Waals surface area contributed by atoms with Crippen LogP contribution in [0.25, 0.3) is 5.69 Å². The van der Waals surface area contributed by atoms with Gasteiger partial charge in [0.25, 0.3) is 5.91 Å². The van der Waals surface area contributed by atoms with Crippen LogP contribution in [0.15, 0.2) is 47.5 Å². The number of hydrogen-bond acceptors (Lipinski definition) is 6. The summed E-state index contributed by atoms with van der Waals surface area (Å²) in [7, 11) is 0. The van der Waals surface area contributed by atoms with Crippen molar-refractivity contribution in [3.63, 3.8) is 0 Å². The van der Waals surface area contributed by atoms with Gasteiger partial charge in [-0.05, 0) is 57.0 Å². The molecule has 3 aromatic rings. The van der Waals surface area contributed by atoms with Crippen molar-refractivity contribution in [3.8, 4) is 5.69 Å². The van der Waals surface area contributed by atoms with E-state index in [0.717, 1.165) is 11.3 Å². The fraction of sp³-hybridized carbons (Fsp3) is 0.360. The zero-order chi connectivity index (χ0) is 26.0. The normalized spacial score (nSPS) is 15.9. The van der Waals surface area contributed by atoms with Crippen LogP contribution in [-0.2, 0) is 22.5 Å². The second-order valence-corrected chi connectivity index (χ2v) is 10.8. The standard InChI is InChI=1S/C25H27ClFN5O3S/c1-5-17-13-32(30-29-17)20-11-21-22(10-18(20)27)36-14-19(28-24(34)35-25(2,3)4)23(33)31(21)12-15-6-8-16(26)9-7-15/h6-11,13,19H,5,12,14H2,1-4H3,(H,28,34)/t19-/m0/s1. The summed E-state index contributed by atoms with van der Waals surface area (Å²) in [5.41, 5.74) is 1.51. The van der Waals surface area contributed by atoms with E-state index < -0.39 is 23.6 Å². The van der Waals surface area contributed by atoms with E-state index in [1.54, 1.807) is 50.1 Å². The highest BCUT2D eigenvalue weighted by Gasteiger charge is 2.34. The number of alkyl carbamates (subject to hydrolysis) is 1. The Morgan fingerprint density at radius 1 is 1.25 bits per heavy atom. The minimum atomic E-state index is -0.880. The number of hydrogen-bond donors (Lipinski definition) is 1. The van der Waals surface area contributed by atoms with Gasteiger partial charge in [-0.2, -0.15) is 0 Å². The molecule has 2 aromatic carbocycles. The highest BCUT2D eigenvalue weighted by atomic mass is 35.5. The van der Waals surface area contributed by atoms with Gasteiger partial charge in [-0.25, -0.2) is 13.9 Å². The van der Waals surface area contributed by atoms with Crippen LogP contribution in [0.2, 0.25) is 5.02 Å². The van der Waals surface area contributed by atoms with E-state index in [2.05, 4.69) is 15.6 Å². The van der Waals surface area contributed by atoms with Crippen LogP contribution in [0, 0.1) is 5.82 Å². The lowest BCUT2D eigenvalue weighted by Gasteiger charge is -2.27. The number of thioether (sulfide) groups is 1. The van der Waals surface area contributed by atoms with Gasteiger partial charge in [-0.3, -0.25) is 4.79 Å². The van der Waals surface area contributed by atoms with Gasteiger partial charge >= 0.3 is 6.09 Å². The number of aromatic nitrogens is 3. The van der Waals surface area contributed by atoms with E-state index in [1.807, 2.05) is 19.1 Å². The number of amides is 2. The highest BCUT2D eigenvalue weighted by molar-refractivity contribution is 7.99. The predicted octanol–water partition coefficient (Wildman–Crippen LogP) is 5.15. The maximum absolute atomic E-state index is 15.2. The molecule has 8 nitrogen and oxygen atoms in total. The second kappa shape index (κ2) is 10.5. The van der Waals surface area contributed by atoms with Crippen LogP contribution < -0.4 is 10.2 Å².